The zero-order chi connectivity index (χ0) is 11.5. The summed E-state index contributed by atoms with van der Waals surface area (Å²) in [5, 5.41) is 9.10. The molecule has 1 amide bonds. The Hall–Kier alpha value is -2.08. The van der Waals surface area contributed by atoms with Gasteiger partial charge in [-0.3, -0.25) is 9.89 Å². The average Bonchev–Trinajstić information content (AvgIpc) is 2.65. The van der Waals surface area contributed by atoms with Gasteiger partial charge in [0, 0.05) is 10.7 Å². The number of nitrogens with two attached hydrogens (primary N) is 1. The van der Waals surface area contributed by atoms with E-state index in [0.717, 1.165) is 0 Å². The zero-order valence-corrected chi connectivity index (χ0v) is 8.82. The second-order valence-corrected chi connectivity index (χ2v) is 3.44. The van der Waals surface area contributed by atoms with Crippen molar-refractivity contribution in [2.24, 2.45) is 0 Å². The Morgan fingerprint density at radius 3 is 2.94 bits per heavy atom. The van der Waals surface area contributed by atoms with Crippen LogP contribution in [0.5, 0.6) is 0 Å². The minimum atomic E-state index is -0.425. The highest BCUT2D eigenvalue weighted by Crippen LogP contribution is 2.15. The number of halogens is 1. The van der Waals surface area contributed by atoms with E-state index in [1.165, 1.54) is 0 Å². The third-order valence-electron chi connectivity index (χ3n) is 1.80. The minimum absolute atomic E-state index is 0.0243. The third-order valence-corrected chi connectivity index (χ3v) is 2.04. The van der Waals surface area contributed by atoms with Crippen molar-refractivity contribution < 1.29 is 4.79 Å². The Labute approximate surface area is 95.8 Å². The second kappa shape index (κ2) is 4.19. The molecule has 0 unspecified atom stereocenters. The van der Waals surface area contributed by atoms with Crippen molar-refractivity contribution in [2.75, 3.05) is 11.1 Å². The molecule has 1 aromatic heterocycles. The lowest BCUT2D eigenvalue weighted by Gasteiger charge is -2.02. The SMILES string of the molecule is Nc1n[nH]c(C(=O)Nc2cccc(Cl)c2)n1. The van der Waals surface area contributed by atoms with Crippen LogP contribution in [0.25, 0.3) is 0 Å². The fourth-order valence-electron chi connectivity index (χ4n) is 1.13. The molecule has 0 radical (unpaired) electrons. The smallest absolute Gasteiger partial charge is 0.293 e. The van der Waals surface area contributed by atoms with E-state index in [2.05, 4.69) is 20.5 Å². The van der Waals surface area contributed by atoms with Gasteiger partial charge in [-0.05, 0) is 18.2 Å². The second-order valence-electron chi connectivity index (χ2n) is 3.01. The number of aromatic amines is 1. The van der Waals surface area contributed by atoms with Crippen LogP contribution in [0.1, 0.15) is 10.6 Å². The highest BCUT2D eigenvalue weighted by Gasteiger charge is 2.10. The van der Waals surface area contributed by atoms with Gasteiger partial charge in [-0.25, -0.2) is 0 Å². The number of carbonyl (C=O) groups is 1. The molecule has 0 aliphatic heterocycles. The first-order chi connectivity index (χ1) is 7.65. The number of hydrogen-bond donors (Lipinski definition) is 3. The number of anilines is 2. The van der Waals surface area contributed by atoms with Crippen molar-refractivity contribution >= 4 is 29.1 Å². The molecular formula is C9H8ClN5O. The van der Waals surface area contributed by atoms with Crippen LogP contribution in [0.3, 0.4) is 0 Å². The van der Waals surface area contributed by atoms with Gasteiger partial charge in [0.25, 0.3) is 5.91 Å². The molecule has 7 heteroatoms. The lowest BCUT2D eigenvalue weighted by Crippen LogP contribution is -2.13. The molecule has 0 aliphatic carbocycles. The molecule has 2 aromatic rings. The van der Waals surface area contributed by atoms with E-state index in [1.807, 2.05) is 0 Å². The first-order valence-electron chi connectivity index (χ1n) is 4.40. The van der Waals surface area contributed by atoms with Gasteiger partial charge in [-0.2, -0.15) is 4.98 Å². The first-order valence-corrected chi connectivity index (χ1v) is 4.78. The summed E-state index contributed by atoms with van der Waals surface area (Å²) in [5.74, 6) is -0.347. The molecule has 82 valence electrons. The Balaban J connectivity index is 2.13. The van der Waals surface area contributed by atoms with Gasteiger partial charge in [-0.1, -0.05) is 17.7 Å². The Morgan fingerprint density at radius 2 is 2.31 bits per heavy atom. The average molecular weight is 238 g/mol. The van der Waals surface area contributed by atoms with Crippen LogP contribution in [0.2, 0.25) is 5.02 Å². The van der Waals surface area contributed by atoms with E-state index in [0.29, 0.717) is 10.7 Å². The number of H-pyrrole nitrogens is 1. The number of benzene rings is 1. The molecule has 1 heterocycles. The summed E-state index contributed by atoms with van der Waals surface area (Å²) >= 11 is 5.77. The number of rotatable bonds is 2. The van der Waals surface area contributed by atoms with Gasteiger partial charge in [0.15, 0.2) is 0 Å². The number of carbonyl (C=O) groups excluding carboxylic acids is 1. The number of nitrogens with zero attached hydrogens (tertiary/aromatic N) is 2. The summed E-state index contributed by atoms with van der Waals surface area (Å²) in [6.07, 6.45) is 0. The number of hydrogen-bond acceptors (Lipinski definition) is 4. The number of aromatic nitrogens is 3. The van der Waals surface area contributed by atoms with Crippen LogP contribution in [0.4, 0.5) is 11.6 Å². The Bertz CT molecular complexity index is 524. The minimum Gasteiger partial charge on any atom is -0.366 e. The maximum absolute atomic E-state index is 11.6. The number of nitrogens with one attached hydrogen (secondary N) is 2. The van der Waals surface area contributed by atoms with E-state index >= 15 is 0 Å². The fourth-order valence-corrected chi connectivity index (χ4v) is 1.32. The van der Waals surface area contributed by atoms with E-state index in [4.69, 9.17) is 17.3 Å². The summed E-state index contributed by atoms with van der Waals surface area (Å²) in [6.45, 7) is 0. The maximum atomic E-state index is 11.6. The standard InChI is InChI=1S/C9H8ClN5O/c10-5-2-1-3-6(4-5)12-8(16)7-13-9(11)15-14-7/h1-4H,(H,12,16)(H3,11,13,14,15). The van der Waals surface area contributed by atoms with Gasteiger partial charge in [-0.15, -0.1) is 5.10 Å². The first kappa shape index (κ1) is 10.4. The highest BCUT2D eigenvalue weighted by atomic mass is 35.5. The summed E-state index contributed by atoms with van der Waals surface area (Å²) in [5.41, 5.74) is 5.86. The quantitative estimate of drug-likeness (QED) is 0.733. The lowest BCUT2D eigenvalue weighted by molar-refractivity contribution is 0.101. The molecule has 0 aliphatic rings. The van der Waals surface area contributed by atoms with Gasteiger partial charge in [0.1, 0.15) is 0 Å². The van der Waals surface area contributed by atoms with Crippen molar-refractivity contribution in [2.45, 2.75) is 0 Å². The van der Waals surface area contributed by atoms with Gasteiger partial charge in [0.2, 0.25) is 11.8 Å². The molecule has 4 N–H and O–H groups in total. The van der Waals surface area contributed by atoms with Crippen molar-refractivity contribution in [1.29, 1.82) is 0 Å². The molecule has 0 saturated carbocycles. The molecule has 0 saturated heterocycles. The Morgan fingerprint density at radius 1 is 1.50 bits per heavy atom. The molecule has 2 rings (SSSR count). The van der Waals surface area contributed by atoms with E-state index in [-0.39, 0.29) is 11.8 Å². The molecule has 0 bridgehead atoms. The topological polar surface area (TPSA) is 96.7 Å². The van der Waals surface area contributed by atoms with Crippen molar-refractivity contribution in [3.05, 3.63) is 35.1 Å². The Kier molecular flexibility index (Phi) is 2.74. The monoisotopic (exact) mass is 237 g/mol. The zero-order valence-electron chi connectivity index (χ0n) is 8.07. The third kappa shape index (κ3) is 2.29. The molecular weight excluding hydrogens is 230 g/mol. The van der Waals surface area contributed by atoms with Gasteiger partial charge < -0.3 is 11.1 Å². The van der Waals surface area contributed by atoms with Crippen LogP contribution in [-0.4, -0.2) is 21.1 Å². The number of nitrogen functional groups attached to an aromatic ring is 1. The van der Waals surface area contributed by atoms with Gasteiger partial charge >= 0.3 is 0 Å². The van der Waals surface area contributed by atoms with Crippen LogP contribution in [0.15, 0.2) is 24.3 Å². The van der Waals surface area contributed by atoms with Crippen LogP contribution in [-0.2, 0) is 0 Å². The summed E-state index contributed by atoms with van der Waals surface area (Å²) in [7, 11) is 0. The van der Waals surface area contributed by atoms with Crippen LogP contribution >= 0.6 is 11.6 Å². The van der Waals surface area contributed by atoms with Crippen molar-refractivity contribution in [3.63, 3.8) is 0 Å². The predicted molar refractivity (Wildman–Crippen MR) is 60.2 cm³/mol. The van der Waals surface area contributed by atoms with E-state index in [9.17, 15) is 4.79 Å². The lowest BCUT2D eigenvalue weighted by atomic mass is 10.3. The molecule has 0 spiro atoms. The molecule has 1 aromatic carbocycles. The summed E-state index contributed by atoms with van der Waals surface area (Å²) in [4.78, 5) is 15.3. The molecule has 0 fully saturated rings. The molecule has 0 atom stereocenters. The highest BCUT2D eigenvalue weighted by molar-refractivity contribution is 6.30. The largest absolute Gasteiger partial charge is 0.366 e. The molecule has 16 heavy (non-hydrogen) atoms. The van der Waals surface area contributed by atoms with Crippen molar-refractivity contribution in [1.82, 2.24) is 15.2 Å². The van der Waals surface area contributed by atoms with E-state index < -0.39 is 5.91 Å². The molecule has 6 nitrogen and oxygen atoms in total. The van der Waals surface area contributed by atoms with E-state index in [1.54, 1.807) is 24.3 Å². The van der Waals surface area contributed by atoms with Crippen LogP contribution < -0.4 is 11.1 Å². The van der Waals surface area contributed by atoms with Gasteiger partial charge in [0.05, 0.1) is 0 Å². The fraction of sp³-hybridized carbons (Fsp3) is 0. The summed E-state index contributed by atoms with van der Waals surface area (Å²) < 4.78 is 0. The van der Waals surface area contributed by atoms with Crippen molar-refractivity contribution in [3.8, 4) is 0 Å². The normalized spacial score (nSPS) is 10.1. The van der Waals surface area contributed by atoms with Crippen LogP contribution in [0, 0.1) is 0 Å². The summed E-state index contributed by atoms with van der Waals surface area (Å²) in [6, 6.07) is 6.78. The number of amides is 1. The predicted octanol–water partition coefficient (Wildman–Crippen LogP) is 1.29. The maximum Gasteiger partial charge on any atom is 0.293 e.